The van der Waals surface area contributed by atoms with Crippen LogP contribution in [0.1, 0.15) is 24.2 Å². The van der Waals surface area contributed by atoms with Gasteiger partial charge >= 0.3 is 0 Å². The highest BCUT2D eigenvalue weighted by molar-refractivity contribution is 5.15. The van der Waals surface area contributed by atoms with Gasteiger partial charge in [-0.3, -0.25) is 4.68 Å². The van der Waals surface area contributed by atoms with Gasteiger partial charge in [0.15, 0.2) is 0 Å². The first-order valence-corrected chi connectivity index (χ1v) is 5.40. The van der Waals surface area contributed by atoms with Crippen molar-refractivity contribution in [2.45, 2.75) is 31.7 Å². The molecule has 0 saturated heterocycles. The average molecular weight is 192 g/mol. The van der Waals surface area contributed by atoms with E-state index in [1.54, 1.807) is 0 Å². The molecule has 1 aromatic rings. The molecule has 14 heavy (non-hydrogen) atoms. The molecule has 0 aromatic carbocycles. The molecule has 1 heterocycles. The topological polar surface area (TPSA) is 56.7 Å². The first-order chi connectivity index (χ1) is 6.77. The number of rotatable bonds is 0. The van der Waals surface area contributed by atoms with Gasteiger partial charge < -0.3 is 5.73 Å². The van der Waals surface area contributed by atoms with Crippen molar-refractivity contribution in [2.24, 2.45) is 24.6 Å². The fraction of sp³-hybridized carbons (Fsp3) is 0.800. The lowest BCUT2D eigenvalue weighted by atomic mass is 10.0. The summed E-state index contributed by atoms with van der Waals surface area (Å²) in [4.78, 5) is 0. The smallest absolute Gasteiger partial charge is 0.0859 e. The van der Waals surface area contributed by atoms with Crippen molar-refractivity contribution in [2.75, 3.05) is 0 Å². The molecule has 1 saturated carbocycles. The van der Waals surface area contributed by atoms with Gasteiger partial charge in [0.25, 0.3) is 0 Å². The van der Waals surface area contributed by atoms with E-state index in [1.807, 2.05) is 11.7 Å². The second-order valence-corrected chi connectivity index (χ2v) is 4.59. The van der Waals surface area contributed by atoms with E-state index < -0.39 is 0 Å². The van der Waals surface area contributed by atoms with Crippen LogP contribution in [0, 0.1) is 11.8 Å². The normalized spacial score (nSPS) is 35.4. The number of aryl methyl sites for hydroxylation is 2. The second-order valence-electron chi connectivity index (χ2n) is 4.59. The summed E-state index contributed by atoms with van der Waals surface area (Å²) in [6.45, 7) is 0. The standard InChI is InChI=1S/C10H16N4/c1-14-9-5-3-7-6(10(7)11)2-4-8(9)12-13-14/h6-7,10H,2-5,11H2,1H3/t6-,7+,10?/m1/s1. The Balaban J connectivity index is 1.87. The van der Waals surface area contributed by atoms with Crippen molar-refractivity contribution in [3.8, 4) is 0 Å². The molecule has 76 valence electrons. The van der Waals surface area contributed by atoms with Crippen molar-refractivity contribution >= 4 is 0 Å². The molecular formula is C10H16N4. The molecule has 0 aliphatic heterocycles. The highest BCUT2D eigenvalue weighted by Crippen LogP contribution is 2.45. The van der Waals surface area contributed by atoms with Crippen LogP contribution in [0.2, 0.25) is 0 Å². The van der Waals surface area contributed by atoms with Gasteiger partial charge in [0, 0.05) is 13.1 Å². The van der Waals surface area contributed by atoms with E-state index in [2.05, 4.69) is 10.3 Å². The summed E-state index contributed by atoms with van der Waals surface area (Å²) in [5.41, 5.74) is 8.53. The summed E-state index contributed by atoms with van der Waals surface area (Å²) in [5.74, 6) is 1.54. The Morgan fingerprint density at radius 2 is 2.00 bits per heavy atom. The zero-order valence-electron chi connectivity index (χ0n) is 8.48. The maximum atomic E-state index is 6.01. The van der Waals surface area contributed by atoms with Gasteiger partial charge in [-0.1, -0.05) is 5.21 Å². The number of hydrogen-bond acceptors (Lipinski definition) is 3. The van der Waals surface area contributed by atoms with Crippen LogP contribution in [0.3, 0.4) is 0 Å². The van der Waals surface area contributed by atoms with Crippen molar-refractivity contribution in [3.05, 3.63) is 11.4 Å². The van der Waals surface area contributed by atoms with Crippen LogP contribution in [0.25, 0.3) is 0 Å². The third-order valence-electron chi connectivity index (χ3n) is 3.85. The molecular weight excluding hydrogens is 176 g/mol. The Morgan fingerprint density at radius 1 is 1.29 bits per heavy atom. The van der Waals surface area contributed by atoms with Gasteiger partial charge in [-0.15, -0.1) is 5.10 Å². The zero-order valence-corrected chi connectivity index (χ0v) is 8.48. The molecule has 0 amide bonds. The van der Waals surface area contributed by atoms with Crippen LogP contribution in [0.5, 0.6) is 0 Å². The lowest BCUT2D eigenvalue weighted by Gasteiger charge is -2.07. The van der Waals surface area contributed by atoms with Gasteiger partial charge in [-0.05, 0) is 37.5 Å². The Bertz CT molecular complexity index is 357. The van der Waals surface area contributed by atoms with E-state index in [0.717, 1.165) is 24.7 Å². The van der Waals surface area contributed by atoms with Gasteiger partial charge in [0.2, 0.25) is 0 Å². The van der Waals surface area contributed by atoms with Crippen molar-refractivity contribution < 1.29 is 0 Å². The third kappa shape index (κ3) is 1.10. The lowest BCUT2D eigenvalue weighted by molar-refractivity contribution is 0.566. The summed E-state index contributed by atoms with van der Waals surface area (Å²) >= 11 is 0. The third-order valence-corrected chi connectivity index (χ3v) is 3.85. The van der Waals surface area contributed by atoms with Crippen molar-refractivity contribution in [1.29, 1.82) is 0 Å². The SMILES string of the molecule is Cn1nnc2c1CC[C@@H]1C(N)[C@@H]1CC2. The fourth-order valence-corrected chi connectivity index (χ4v) is 2.81. The zero-order chi connectivity index (χ0) is 9.71. The molecule has 3 atom stereocenters. The summed E-state index contributed by atoms with van der Waals surface area (Å²) in [7, 11) is 1.98. The van der Waals surface area contributed by atoms with Crippen LogP contribution in [0.15, 0.2) is 0 Å². The summed E-state index contributed by atoms with van der Waals surface area (Å²) in [6, 6.07) is 0.470. The van der Waals surface area contributed by atoms with E-state index in [4.69, 9.17) is 5.73 Å². The molecule has 4 nitrogen and oxygen atoms in total. The van der Waals surface area contributed by atoms with Gasteiger partial charge in [0.1, 0.15) is 0 Å². The van der Waals surface area contributed by atoms with Gasteiger partial charge in [-0.25, -0.2) is 0 Å². The highest BCUT2D eigenvalue weighted by Gasteiger charge is 2.47. The number of nitrogens with zero attached hydrogens (tertiary/aromatic N) is 3. The van der Waals surface area contributed by atoms with Gasteiger partial charge in [0.05, 0.1) is 11.4 Å². The number of nitrogens with two attached hydrogens (primary N) is 1. The minimum absolute atomic E-state index is 0.470. The maximum absolute atomic E-state index is 6.01. The molecule has 2 aliphatic carbocycles. The second kappa shape index (κ2) is 2.79. The molecule has 0 bridgehead atoms. The molecule has 1 unspecified atom stereocenters. The molecule has 2 aliphatic rings. The van der Waals surface area contributed by atoms with Crippen LogP contribution in [0.4, 0.5) is 0 Å². The highest BCUT2D eigenvalue weighted by atomic mass is 15.4. The van der Waals surface area contributed by atoms with Crippen molar-refractivity contribution in [3.63, 3.8) is 0 Å². The van der Waals surface area contributed by atoms with E-state index >= 15 is 0 Å². The molecule has 1 aromatic heterocycles. The number of aromatic nitrogens is 3. The number of hydrogen-bond donors (Lipinski definition) is 1. The molecule has 2 N–H and O–H groups in total. The maximum Gasteiger partial charge on any atom is 0.0859 e. The van der Waals surface area contributed by atoms with E-state index in [1.165, 1.54) is 24.2 Å². The van der Waals surface area contributed by atoms with E-state index in [-0.39, 0.29) is 0 Å². The number of fused-ring (bicyclic) bond motifs is 2. The summed E-state index contributed by atoms with van der Waals surface area (Å²) in [5, 5.41) is 8.28. The molecule has 1 fully saturated rings. The van der Waals surface area contributed by atoms with Crippen molar-refractivity contribution in [1.82, 2.24) is 15.0 Å². The largest absolute Gasteiger partial charge is 0.327 e. The first kappa shape index (κ1) is 8.41. The van der Waals surface area contributed by atoms with Gasteiger partial charge in [-0.2, -0.15) is 0 Å². The van der Waals surface area contributed by atoms with Crippen LogP contribution in [-0.4, -0.2) is 21.0 Å². The van der Waals surface area contributed by atoms with E-state index in [9.17, 15) is 0 Å². The Hall–Kier alpha value is -0.900. The Labute approximate surface area is 83.5 Å². The Morgan fingerprint density at radius 3 is 2.79 bits per heavy atom. The fourth-order valence-electron chi connectivity index (χ4n) is 2.81. The summed E-state index contributed by atoms with van der Waals surface area (Å²) < 4.78 is 1.92. The predicted octanol–water partition coefficient (Wildman–Crippen LogP) is 0.267. The molecule has 0 spiro atoms. The molecule has 3 rings (SSSR count). The minimum atomic E-state index is 0.470. The van der Waals surface area contributed by atoms with Crippen LogP contribution < -0.4 is 5.73 Å². The quantitative estimate of drug-likeness (QED) is 0.642. The lowest BCUT2D eigenvalue weighted by Crippen LogP contribution is -2.05. The van der Waals surface area contributed by atoms with E-state index in [0.29, 0.717) is 6.04 Å². The average Bonchev–Trinajstić information content (AvgIpc) is 2.58. The summed E-state index contributed by atoms with van der Waals surface area (Å²) in [6.07, 6.45) is 4.60. The molecule has 0 radical (unpaired) electrons. The first-order valence-electron chi connectivity index (χ1n) is 5.40. The monoisotopic (exact) mass is 192 g/mol. The van der Waals surface area contributed by atoms with Crippen LogP contribution >= 0.6 is 0 Å². The van der Waals surface area contributed by atoms with Crippen LogP contribution in [-0.2, 0) is 19.9 Å². The molecule has 4 heteroatoms. The minimum Gasteiger partial charge on any atom is -0.327 e. The Kier molecular flexibility index (Phi) is 1.68. The predicted molar refractivity (Wildman–Crippen MR) is 52.6 cm³/mol.